The van der Waals surface area contributed by atoms with E-state index in [0.29, 0.717) is 19.5 Å². The Morgan fingerprint density at radius 3 is 2.22 bits per heavy atom. The number of hydrogen-bond acceptors (Lipinski definition) is 2. The number of amides is 1. The van der Waals surface area contributed by atoms with Gasteiger partial charge in [-0.05, 0) is 17.7 Å². The lowest BCUT2D eigenvalue weighted by Gasteiger charge is -2.19. The zero-order chi connectivity index (χ0) is 13.4. The third-order valence-electron chi connectivity index (χ3n) is 2.57. The van der Waals surface area contributed by atoms with E-state index in [0.717, 1.165) is 11.3 Å². The zero-order valence-corrected chi connectivity index (χ0v) is 10.8. The second-order valence-corrected chi connectivity index (χ2v) is 3.90. The summed E-state index contributed by atoms with van der Waals surface area (Å²) in [7, 11) is 1.62. The first-order valence-corrected chi connectivity index (χ1v) is 5.83. The Morgan fingerprint density at radius 2 is 1.78 bits per heavy atom. The molecule has 3 heteroatoms. The van der Waals surface area contributed by atoms with Gasteiger partial charge < -0.3 is 9.64 Å². The molecular formula is C15H19NO2. The summed E-state index contributed by atoms with van der Waals surface area (Å²) in [4.78, 5) is 13.8. The Morgan fingerprint density at radius 1 is 1.22 bits per heavy atom. The predicted molar refractivity (Wildman–Crippen MR) is 73.7 cm³/mol. The van der Waals surface area contributed by atoms with Gasteiger partial charge in [0.1, 0.15) is 5.75 Å². The van der Waals surface area contributed by atoms with Crippen LogP contribution < -0.4 is 4.74 Å². The fourth-order valence-corrected chi connectivity index (χ4v) is 1.62. The van der Waals surface area contributed by atoms with Crippen molar-refractivity contribution in [1.29, 1.82) is 0 Å². The molecule has 0 aliphatic heterocycles. The van der Waals surface area contributed by atoms with Gasteiger partial charge in [-0.25, -0.2) is 0 Å². The van der Waals surface area contributed by atoms with Gasteiger partial charge in [0.25, 0.3) is 0 Å². The second-order valence-electron chi connectivity index (χ2n) is 3.90. The molecule has 0 spiro atoms. The standard InChI is InChI=1S/C15H19NO2/c1-4-10-16(11-5-2)15(17)12-13-6-8-14(18-3)9-7-13/h4-9H,1-2,10-12H2,3H3. The topological polar surface area (TPSA) is 29.5 Å². The maximum absolute atomic E-state index is 12.0. The van der Waals surface area contributed by atoms with E-state index in [2.05, 4.69) is 13.2 Å². The number of benzene rings is 1. The highest BCUT2D eigenvalue weighted by molar-refractivity contribution is 5.79. The van der Waals surface area contributed by atoms with Crippen LogP contribution in [0.15, 0.2) is 49.6 Å². The van der Waals surface area contributed by atoms with Gasteiger partial charge in [-0.1, -0.05) is 24.3 Å². The normalized spacial score (nSPS) is 9.61. The number of ether oxygens (including phenoxy) is 1. The van der Waals surface area contributed by atoms with Crippen molar-refractivity contribution < 1.29 is 9.53 Å². The fourth-order valence-electron chi connectivity index (χ4n) is 1.62. The summed E-state index contributed by atoms with van der Waals surface area (Å²) in [6.45, 7) is 8.39. The lowest BCUT2D eigenvalue weighted by Crippen LogP contribution is -2.32. The maximum atomic E-state index is 12.0. The molecule has 0 saturated heterocycles. The highest BCUT2D eigenvalue weighted by atomic mass is 16.5. The molecule has 0 atom stereocenters. The predicted octanol–water partition coefficient (Wildman–Crippen LogP) is 2.44. The summed E-state index contributed by atoms with van der Waals surface area (Å²) in [6.07, 6.45) is 3.82. The van der Waals surface area contributed by atoms with E-state index in [9.17, 15) is 4.79 Å². The third-order valence-corrected chi connectivity index (χ3v) is 2.57. The summed E-state index contributed by atoms with van der Waals surface area (Å²) in [6, 6.07) is 7.51. The van der Waals surface area contributed by atoms with Crippen molar-refractivity contribution in [2.24, 2.45) is 0 Å². The van der Waals surface area contributed by atoms with E-state index < -0.39 is 0 Å². The monoisotopic (exact) mass is 245 g/mol. The van der Waals surface area contributed by atoms with Gasteiger partial charge in [-0.3, -0.25) is 4.79 Å². The van der Waals surface area contributed by atoms with Crippen LogP contribution in [0.5, 0.6) is 5.75 Å². The lowest BCUT2D eigenvalue weighted by molar-refractivity contribution is -0.129. The van der Waals surface area contributed by atoms with Crippen LogP contribution in [0.3, 0.4) is 0 Å². The second kappa shape index (κ2) is 7.33. The molecule has 1 rings (SSSR count). The summed E-state index contributed by atoms with van der Waals surface area (Å²) < 4.78 is 5.08. The first kappa shape index (κ1) is 14.0. The molecule has 0 saturated carbocycles. The minimum absolute atomic E-state index is 0.0694. The van der Waals surface area contributed by atoms with Gasteiger partial charge in [0, 0.05) is 13.1 Å². The summed E-state index contributed by atoms with van der Waals surface area (Å²) in [5, 5.41) is 0. The lowest BCUT2D eigenvalue weighted by atomic mass is 10.1. The van der Waals surface area contributed by atoms with Crippen molar-refractivity contribution in [3.8, 4) is 5.75 Å². The van der Waals surface area contributed by atoms with Crippen LogP contribution in [0.1, 0.15) is 5.56 Å². The van der Waals surface area contributed by atoms with Gasteiger partial charge in [-0.15, -0.1) is 13.2 Å². The molecule has 0 radical (unpaired) electrons. The van der Waals surface area contributed by atoms with Crippen LogP contribution in [0, 0.1) is 0 Å². The number of hydrogen-bond donors (Lipinski definition) is 0. The molecular weight excluding hydrogens is 226 g/mol. The average Bonchev–Trinajstić information content (AvgIpc) is 2.39. The Labute approximate surface area is 108 Å². The molecule has 0 aromatic heterocycles. The van der Waals surface area contributed by atoms with Crippen molar-refractivity contribution in [1.82, 2.24) is 4.90 Å². The van der Waals surface area contributed by atoms with Crippen LogP contribution in [0.2, 0.25) is 0 Å². The maximum Gasteiger partial charge on any atom is 0.227 e. The van der Waals surface area contributed by atoms with Gasteiger partial charge in [-0.2, -0.15) is 0 Å². The molecule has 0 bridgehead atoms. The highest BCUT2D eigenvalue weighted by Crippen LogP contribution is 2.12. The van der Waals surface area contributed by atoms with Gasteiger partial charge >= 0.3 is 0 Å². The van der Waals surface area contributed by atoms with Crippen LogP contribution in [-0.2, 0) is 11.2 Å². The molecule has 18 heavy (non-hydrogen) atoms. The van der Waals surface area contributed by atoms with Gasteiger partial charge in [0.2, 0.25) is 5.91 Å². The molecule has 0 aliphatic rings. The Kier molecular flexibility index (Phi) is 5.71. The van der Waals surface area contributed by atoms with E-state index in [1.165, 1.54) is 0 Å². The van der Waals surface area contributed by atoms with Crippen molar-refractivity contribution in [3.63, 3.8) is 0 Å². The molecule has 0 fully saturated rings. The van der Waals surface area contributed by atoms with Gasteiger partial charge in [0.05, 0.1) is 13.5 Å². The summed E-state index contributed by atoms with van der Waals surface area (Å²) >= 11 is 0. The minimum Gasteiger partial charge on any atom is -0.497 e. The quantitative estimate of drug-likeness (QED) is 0.690. The van der Waals surface area contributed by atoms with Crippen LogP contribution in [0.25, 0.3) is 0 Å². The fraction of sp³-hybridized carbons (Fsp3) is 0.267. The van der Waals surface area contributed by atoms with Crippen molar-refractivity contribution in [3.05, 3.63) is 55.1 Å². The Bertz CT molecular complexity index is 399. The first-order chi connectivity index (χ1) is 8.71. The van der Waals surface area contributed by atoms with E-state index in [-0.39, 0.29) is 5.91 Å². The highest BCUT2D eigenvalue weighted by Gasteiger charge is 2.11. The van der Waals surface area contributed by atoms with Crippen molar-refractivity contribution in [2.75, 3.05) is 20.2 Å². The van der Waals surface area contributed by atoms with Crippen molar-refractivity contribution >= 4 is 5.91 Å². The zero-order valence-electron chi connectivity index (χ0n) is 10.8. The van der Waals surface area contributed by atoms with E-state index in [1.807, 2.05) is 24.3 Å². The summed E-state index contributed by atoms with van der Waals surface area (Å²) in [5.41, 5.74) is 0.971. The number of rotatable bonds is 7. The number of carbonyl (C=O) groups excluding carboxylic acids is 1. The number of nitrogens with zero attached hydrogens (tertiary/aromatic N) is 1. The van der Waals surface area contributed by atoms with Gasteiger partial charge in [0.15, 0.2) is 0 Å². The van der Waals surface area contributed by atoms with Crippen LogP contribution in [0.4, 0.5) is 0 Å². The van der Waals surface area contributed by atoms with Crippen LogP contribution >= 0.6 is 0 Å². The molecule has 0 N–H and O–H groups in total. The average molecular weight is 245 g/mol. The SMILES string of the molecule is C=CCN(CC=C)C(=O)Cc1ccc(OC)cc1. The van der Waals surface area contributed by atoms with E-state index >= 15 is 0 Å². The number of carbonyl (C=O) groups is 1. The molecule has 0 heterocycles. The number of methoxy groups -OCH3 is 1. The molecule has 3 nitrogen and oxygen atoms in total. The van der Waals surface area contributed by atoms with E-state index in [1.54, 1.807) is 24.2 Å². The smallest absolute Gasteiger partial charge is 0.227 e. The first-order valence-electron chi connectivity index (χ1n) is 5.83. The molecule has 96 valence electrons. The Hall–Kier alpha value is -2.03. The molecule has 0 aliphatic carbocycles. The third kappa shape index (κ3) is 4.09. The Balaban J connectivity index is 2.65. The minimum atomic E-state index is 0.0694. The molecule has 1 amide bonds. The molecule has 1 aromatic carbocycles. The largest absolute Gasteiger partial charge is 0.497 e. The van der Waals surface area contributed by atoms with Crippen molar-refractivity contribution in [2.45, 2.75) is 6.42 Å². The molecule has 0 unspecified atom stereocenters. The van der Waals surface area contributed by atoms with E-state index in [4.69, 9.17) is 4.74 Å². The molecule has 1 aromatic rings. The summed E-state index contributed by atoms with van der Waals surface area (Å²) in [5.74, 6) is 0.861. The van der Waals surface area contributed by atoms with Crippen LogP contribution in [-0.4, -0.2) is 31.0 Å².